The Hall–Kier alpha value is -3.41. The number of rotatable bonds is 7. The third-order valence-electron chi connectivity index (χ3n) is 4.13. The van der Waals surface area contributed by atoms with Gasteiger partial charge in [-0.3, -0.25) is 14.2 Å². The molecule has 1 heterocycles. The van der Waals surface area contributed by atoms with Gasteiger partial charge in [0.2, 0.25) is 5.91 Å². The van der Waals surface area contributed by atoms with Crippen molar-refractivity contribution in [1.82, 2.24) is 14.9 Å². The van der Waals surface area contributed by atoms with Gasteiger partial charge in [-0.2, -0.15) is 0 Å². The molecule has 3 rings (SSSR count). The molecule has 1 amide bonds. The van der Waals surface area contributed by atoms with Crippen molar-refractivity contribution in [2.45, 2.75) is 13.0 Å². The Morgan fingerprint density at radius 1 is 1.11 bits per heavy atom. The van der Waals surface area contributed by atoms with Gasteiger partial charge in [0.05, 0.1) is 19.1 Å². The summed E-state index contributed by atoms with van der Waals surface area (Å²) in [4.78, 5) is 28.6. The second-order valence-electron chi connectivity index (χ2n) is 6.06. The minimum Gasteiger partial charge on any atom is -0.497 e. The van der Waals surface area contributed by atoms with Crippen molar-refractivity contribution in [2.24, 2.45) is 0 Å². The zero-order valence-electron chi connectivity index (χ0n) is 15.1. The lowest BCUT2D eigenvalue weighted by atomic mass is 10.1. The van der Waals surface area contributed by atoms with Crippen molar-refractivity contribution in [1.29, 1.82) is 0 Å². The number of nitrogens with one attached hydrogen (secondary N) is 1. The maximum absolute atomic E-state index is 12.2. The zero-order valence-corrected chi connectivity index (χ0v) is 15.1. The molecule has 0 fully saturated rings. The van der Waals surface area contributed by atoms with E-state index in [4.69, 9.17) is 4.74 Å². The predicted molar refractivity (Wildman–Crippen MR) is 104 cm³/mol. The summed E-state index contributed by atoms with van der Waals surface area (Å²) in [5.74, 6) is 0.559. The molecule has 0 spiro atoms. The van der Waals surface area contributed by atoms with Crippen LogP contribution in [0.5, 0.6) is 5.75 Å². The third-order valence-corrected chi connectivity index (χ3v) is 4.13. The molecule has 0 aliphatic carbocycles. The summed E-state index contributed by atoms with van der Waals surface area (Å²) in [6.45, 7) is 0.426. The van der Waals surface area contributed by atoms with Crippen LogP contribution in [0.4, 0.5) is 0 Å². The number of methoxy groups -OCH3 is 1. The number of benzene rings is 2. The SMILES string of the molecule is COc1cccc(CCNC(=O)Cn2cnc(-c3ccccc3)cc2=O)c1. The minimum absolute atomic E-state index is 0.0565. The highest BCUT2D eigenvalue weighted by molar-refractivity contribution is 5.75. The quantitative estimate of drug-likeness (QED) is 0.699. The minimum atomic E-state index is -0.258. The van der Waals surface area contributed by atoms with Gasteiger partial charge in [0, 0.05) is 18.2 Å². The van der Waals surface area contributed by atoms with Gasteiger partial charge in [-0.05, 0) is 24.1 Å². The first kappa shape index (κ1) is 18.4. The van der Waals surface area contributed by atoms with Crippen LogP contribution in [0.3, 0.4) is 0 Å². The van der Waals surface area contributed by atoms with E-state index in [-0.39, 0.29) is 18.0 Å². The van der Waals surface area contributed by atoms with E-state index in [1.807, 2.05) is 54.6 Å². The first-order valence-electron chi connectivity index (χ1n) is 8.67. The Balaban J connectivity index is 1.55. The number of carbonyl (C=O) groups is 1. The van der Waals surface area contributed by atoms with E-state index in [1.54, 1.807) is 7.11 Å². The number of hydrogen-bond donors (Lipinski definition) is 1. The number of nitrogens with zero attached hydrogens (tertiary/aromatic N) is 2. The van der Waals surface area contributed by atoms with E-state index in [9.17, 15) is 9.59 Å². The molecular weight excluding hydrogens is 342 g/mol. The van der Waals surface area contributed by atoms with Crippen LogP contribution < -0.4 is 15.6 Å². The van der Waals surface area contributed by atoms with E-state index in [2.05, 4.69) is 10.3 Å². The van der Waals surface area contributed by atoms with E-state index in [0.29, 0.717) is 18.7 Å². The zero-order chi connectivity index (χ0) is 19.1. The highest BCUT2D eigenvalue weighted by atomic mass is 16.5. The van der Waals surface area contributed by atoms with Crippen LogP contribution in [0.15, 0.2) is 71.8 Å². The van der Waals surface area contributed by atoms with Gasteiger partial charge in [0.15, 0.2) is 0 Å². The molecule has 27 heavy (non-hydrogen) atoms. The lowest BCUT2D eigenvalue weighted by Gasteiger charge is -2.09. The highest BCUT2D eigenvalue weighted by Crippen LogP contribution is 2.13. The summed E-state index contributed by atoms with van der Waals surface area (Å²) >= 11 is 0. The molecule has 0 bridgehead atoms. The monoisotopic (exact) mass is 363 g/mol. The van der Waals surface area contributed by atoms with Crippen molar-refractivity contribution < 1.29 is 9.53 Å². The molecule has 0 saturated carbocycles. The van der Waals surface area contributed by atoms with Gasteiger partial charge < -0.3 is 10.1 Å². The van der Waals surface area contributed by atoms with Gasteiger partial charge in [0.1, 0.15) is 12.3 Å². The number of ether oxygens (including phenoxy) is 1. The smallest absolute Gasteiger partial charge is 0.254 e. The molecule has 2 aromatic carbocycles. The van der Waals surface area contributed by atoms with E-state index in [0.717, 1.165) is 16.9 Å². The van der Waals surface area contributed by atoms with Gasteiger partial charge >= 0.3 is 0 Å². The highest BCUT2D eigenvalue weighted by Gasteiger charge is 2.07. The molecule has 6 nitrogen and oxygen atoms in total. The molecule has 138 valence electrons. The molecule has 0 aliphatic heterocycles. The Morgan fingerprint density at radius 2 is 1.93 bits per heavy atom. The van der Waals surface area contributed by atoms with Gasteiger partial charge in [0.25, 0.3) is 5.56 Å². The fourth-order valence-electron chi connectivity index (χ4n) is 2.70. The summed E-state index contributed by atoms with van der Waals surface area (Å²) in [6.07, 6.45) is 2.09. The Labute approximate surface area is 157 Å². The van der Waals surface area contributed by atoms with Gasteiger partial charge in [-0.1, -0.05) is 42.5 Å². The molecule has 1 aromatic heterocycles. The molecule has 0 saturated heterocycles. The molecule has 0 atom stereocenters. The van der Waals surface area contributed by atoms with Crippen LogP contribution >= 0.6 is 0 Å². The predicted octanol–water partition coefficient (Wildman–Crippen LogP) is 2.28. The summed E-state index contributed by atoms with van der Waals surface area (Å²) in [5.41, 5.74) is 2.27. The van der Waals surface area contributed by atoms with Crippen molar-refractivity contribution in [3.8, 4) is 17.0 Å². The van der Waals surface area contributed by atoms with Crippen LogP contribution in [-0.2, 0) is 17.8 Å². The van der Waals surface area contributed by atoms with Crippen molar-refractivity contribution in [3.05, 3.63) is 82.9 Å². The van der Waals surface area contributed by atoms with E-state index < -0.39 is 0 Å². The first-order chi connectivity index (χ1) is 13.2. The Bertz CT molecular complexity index is 968. The average molecular weight is 363 g/mol. The fourth-order valence-corrected chi connectivity index (χ4v) is 2.70. The molecular formula is C21H21N3O3. The molecule has 0 radical (unpaired) electrons. The van der Waals surface area contributed by atoms with Crippen molar-refractivity contribution in [2.75, 3.05) is 13.7 Å². The van der Waals surface area contributed by atoms with Gasteiger partial charge in [-0.25, -0.2) is 4.98 Å². The second-order valence-corrected chi connectivity index (χ2v) is 6.06. The second kappa shape index (κ2) is 8.80. The van der Waals surface area contributed by atoms with Crippen LogP contribution in [-0.4, -0.2) is 29.1 Å². The van der Waals surface area contributed by atoms with Crippen molar-refractivity contribution in [3.63, 3.8) is 0 Å². The molecule has 0 aliphatic rings. The number of aromatic nitrogens is 2. The summed E-state index contributed by atoms with van der Waals surface area (Å²) in [6, 6.07) is 18.6. The first-order valence-corrected chi connectivity index (χ1v) is 8.67. The summed E-state index contributed by atoms with van der Waals surface area (Å²) < 4.78 is 6.48. The topological polar surface area (TPSA) is 73.2 Å². The number of amides is 1. The molecule has 1 N–H and O–H groups in total. The summed E-state index contributed by atoms with van der Waals surface area (Å²) in [5, 5.41) is 2.82. The Kier molecular flexibility index (Phi) is 5.99. The summed E-state index contributed by atoms with van der Waals surface area (Å²) in [7, 11) is 1.62. The number of hydrogen-bond acceptors (Lipinski definition) is 4. The van der Waals surface area contributed by atoms with Crippen LogP contribution in [0.1, 0.15) is 5.56 Å². The van der Waals surface area contributed by atoms with E-state index >= 15 is 0 Å². The van der Waals surface area contributed by atoms with Crippen LogP contribution in [0, 0.1) is 0 Å². The number of carbonyl (C=O) groups excluding carboxylic acids is 1. The van der Waals surface area contributed by atoms with E-state index in [1.165, 1.54) is 17.0 Å². The van der Waals surface area contributed by atoms with Crippen LogP contribution in [0.25, 0.3) is 11.3 Å². The van der Waals surface area contributed by atoms with Crippen LogP contribution in [0.2, 0.25) is 0 Å². The molecule has 0 unspecified atom stereocenters. The third kappa shape index (κ3) is 5.04. The lowest BCUT2D eigenvalue weighted by Crippen LogP contribution is -2.33. The standard InChI is InChI=1S/C21H21N3O3/c1-27-18-9-5-6-16(12-18)10-11-22-20(25)14-24-15-23-19(13-21(24)26)17-7-3-2-4-8-17/h2-9,12-13,15H,10-11,14H2,1H3,(H,22,25). The Morgan fingerprint density at radius 3 is 2.67 bits per heavy atom. The normalized spacial score (nSPS) is 10.4. The maximum atomic E-state index is 12.2. The fraction of sp³-hybridized carbons (Fsp3) is 0.190. The molecule has 3 aromatic rings. The van der Waals surface area contributed by atoms with Gasteiger partial charge in [-0.15, -0.1) is 0 Å². The van der Waals surface area contributed by atoms with Crippen molar-refractivity contribution >= 4 is 5.91 Å². The molecule has 6 heteroatoms. The average Bonchev–Trinajstić information content (AvgIpc) is 2.70. The largest absolute Gasteiger partial charge is 0.497 e. The maximum Gasteiger partial charge on any atom is 0.254 e. The lowest BCUT2D eigenvalue weighted by molar-refractivity contribution is -0.121.